The van der Waals surface area contributed by atoms with E-state index in [2.05, 4.69) is 37.3 Å². The number of fused-ring (bicyclic) bond motifs is 1. The van der Waals surface area contributed by atoms with Crippen LogP contribution in [0, 0.1) is 17.7 Å². The molecule has 3 aromatic heterocycles. The Kier molecular flexibility index (Phi) is 9.72. The summed E-state index contributed by atoms with van der Waals surface area (Å²) >= 11 is 2.91. The lowest BCUT2D eigenvalue weighted by Gasteiger charge is -2.16. The van der Waals surface area contributed by atoms with Gasteiger partial charge in [0.05, 0.1) is 23.4 Å². The molecule has 3 heterocycles. The van der Waals surface area contributed by atoms with Crippen molar-refractivity contribution in [3.05, 3.63) is 76.0 Å². The number of para-hydroxylation sites is 1. The molecular weight excluding hydrogens is 626 g/mol. The summed E-state index contributed by atoms with van der Waals surface area (Å²) in [5.41, 5.74) is 2.77. The smallest absolute Gasteiger partial charge is 0.197 e. The Morgan fingerprint density at radius 2 is 1.89 bits per heavy atom. The van der Waals surface area contributed by atoms with E-state index >= 15 is 0 Å². The van der Waals surface area contributed by atoms with Gasteiger partial charge in [0.2, 0.25) is 0 Å². The molecule has 0 saturated heterocycles. The third-order valence-corrected chi connectivity index (χ3v) is 9.46. The number of halogens is 1. The normalized spacial score (nSPS) is 12.9. The van der Waals surface area contributed by atoms with Crippen LogP contribution in [-0.4, -0.2) is 69.6 Å². The van der Waals surface area contributed by atoms with E-state index in [0.29, 0.717) is 52.5 Å². The number of hydrogen-bond donors (Lipinski definition) is 3. The van der Waals surface area contributed by atoms with Gasteiger partial charge in [-0.25, -0.2) is 14.4 Å². The Labute approximate surface area is 274 Å². The summed E-state index contributed by atoms with van der Waals surface area (Å²) in [6.07, 6.45) is 1.41. The third kappa shape index (κ3) is 7.60. The minimum atomic E-state index is -1.73. The Morgan fingerprint density at radius 3 is 2.63 bits per heavy atom. The molecule has 10 nitrogen and oxygen atoms in total. The highest BCUT2D eigenvalue weighted by atomic mass is 32.1. The second kappa shape index (κ2) is 14.1. The van der Waals surface area contributed by atoms with Crippen molar-refractivity contribution >= 4 is 54.8 Å². The molecule has 1 aliphatic rings. The molecule has 0 atom stereocenters. The van der Waals surface area contributed by atoms with Crippen molar-refractivity contribution in [1.82, 2.24) is 25.1 Å². The summed E-state index contributed by atoms with van der Waals surface area (Å²) in [4.78, 5) is 13.6. The molecular formula is C33H34FN7O3S2. The molecule has 6 rings (SSSR count). The van der Waals surface area contributed by atoms with Gasteiger partial charge < -0.3 is 25.2 Å². The molecule has 1 fully saturated rings. The van der Waals surface area contributed by atoms with Gasteiger partial charge in [-0.2, -0.15) is 0 Å². The lowest BCUT2D eigenvalue weighted by Crippen LogP contribution is -2.13. The van der Waals surface area contributed by atoms with E-state index in [1.54, 1.807) is 28.4 Å². The Bertz CT molecular complexity index is 1860. The molecule has 238 valence electrons. The van der Waals surface area contributed by atoms with Crippen molar-refractivity contribution in [2.75, 3.05) is 44.5 Å². The molecule has 1 saturated carbocycles. The summed E-state index contributed by atoms with van der Waals surface area (Å²) in [6, 6.07) is 14.7. The van der Waals surface area contributed by atoms with Gasteiger partial charge in [-0.1, -0.05) is 35.3 Å². The van der Waals surface area contributed by atoms with Gasteiger partial charge in [0.15, 0.2) is 39.8 Å². The molecule has 0 amide bonds. The van der Waals surface area contributed by atoms with Crippen LogP contribution < -0.4 is 15.0 Å². The number of hydrogen-bond acceptors (Lipinski definition) is 12. The van der Waals surface area contributed by atoms with E-state index < -0.39 is 12.1 Å². The Morgan fingerprint density at radius 1 is 1.07 bits per heavy atom. The molecule has 0 radical (unpaired) electrons. The zero-order valence-corrected chi connectivity index (χ0v) is 27.3. The lowest BCUT2D eigenvalue weighted by atomic mass is 10.2. The van der Waals surface area contributed by atoms with Crippen LogP contribution in [0.25, 0.3) is 10.2 Å². The topological polar surface area (TPSA) is 120 Å². The molecule has 2 aromatic carbocycles. The van der Waals surface area contributed by atoms with E-state index in [9.17, 15) is 14.6 Å². The number of nitrogens with one attached hydrogen (secondary N) is 1. The fourth-order valence-electron chi connectivity index (χ4n) is 4.77. The van der Waals surface area contributed by atoms with Gasteiger partial charge in [-0.15, -0.1) is 21.5 Å². The van der Waals surface area contributed by atoms with E-state index in [1.807, 2.05) is 56.4 Å². The molecule has 3 N–H and O–H groups in total. The molecule has 0 bridgehead atoms. The highest BCUT2D eigenvalue weighted by Gasteiger charge is 2.29. The molecule has 5 aromatic rings. The average Bonchev–Trinajstić information content (AvgIpc) is 3.65. The van der Waals surface area contributed by atoms with Crippen LogP contribution >= 0.6 is 22.7 Å². The van der Waals surface area contributed by atoms with Crippen LogP contribution in [0.15, 0.2) is 48.5 Å². The van der Waals surface area contributed by atoms with Crippen molar-refractivity contribution in [2.45, 2.75) is 37.9 Å². The Hall–Kier alpha value is -4.19. The van der Waals surface area contributed by atoms with Crippen molar-refractivity contribution in [3.8, 4) is 17.6 Å². The number of benzene rings is 2. The molecule has 0 unspecified atom stereocenters. The quantitative estimate of drug-likeness (QED) is 0.0839. The number of anilines is 4. The zero-order chi connectivity index (χ0) is 32.2. The van der Waals surface area contributed by atoms with Crippen LogP contribution in [0.5, 0.6) is 5.75 Å². The van der Waals surface area contributed by atoms with Gasteiger partial charge in [-0.05, 0) is 82.1 Å². The van der Waals surface area contributed by atoms with Gasteiger partial charge in [0.1, 0.15) is 5.69 Å². The minimum Gasteiger partial charge on any atom is -0.491 e. The van der Waals surface area contributed by atoms with Crippen molar-refractivity contribution < 1.29 is 19.3 Å². The van der Waals surface area contributed by atoms with Crippen molar-refractivity contribution in [2.24, 2.45) is 0 Å². The Balaban J connectivity index is 1.11. The predicted molar refractivity (Wildman–Crippen MR) is 180 cm³/mol. The van der Waals surface area contributed by atoms with Crippen LogP contribution in [0.1, 0.15) is 53.2 Å². The van der Waals surface area contributed by atoms with Gasteiger partial charge >= 0.3 is 0 Å². The summed E-state index contributed by atoms with van der Waals surface area (Å²) in [7, 11) is 5.67. The maximum absolute atomic E-state index is 14.6. The second-order valence-corrected chi connectivity index (χ2v) is 13.4. The van der Waals surface area contributed by atoms with Crippen molar-refractivity contribution in [1.29, 1.82) is 0 Å². The number of aromatic nitrogens is 4. The number of nitrogens with zero attached hydrogens (tertiary/aromatic N) is 6. The highest BCUT2D eigenvalue weighted by molar-refractivity contribution is 7.22. The number of aliphatic hydroxyl groups is 2. The zero-order valence-electron chi connectivity index (χ0n) is 25.7. The monoisotopic (exact) mass is 659 g/mol. The van der Waals surface area contributed by atoms with E-state index in [1.165, 1.54) is 17.4 Å². The third-order valence-electron chi connectivity index (χ3n) is 7.30. The lowest BCUT2D eigenvalue weighted by molar-refractivity contribution is -0.0459. The first-order valence-corrected chi connectivity index (χ1v) is 16.5. The second-order valence-electron chi connectivity index (χ2n) is 11.3. The van der Waals surface area contributed by atoms with Crippen LogP contribution in [0.4, 0.5) is 26.3 Å². The fourth-order valence-corrected chi connectivity index (χ4v) is 6.73. The molecule has 0 spiro atoms. The van der Waals surface area contributed by atoms with Crippen molar-refractivity contribution in [3.63, 3.8) is 0 Å². The molecule has 1 aliphatic carbocycles. The first-order chi connectivity index (χ1) is 22.2. The maximum atomic E-state index is 14.6. The summed E-state index contributed by atoms with van der Waals surface area (Å²) < 4.78 is 21.3. The van der Waals surface area contributed by atoms with Crippen LogP contribution in [0.3, 0.4) is 0 Å². The first-order valence-electron chi connectivity index (χ1n) is 14.9. The van der Waals surface area contributed by atoms with E-state index in [0.717, 1.165) is 33.8 Å². The standard InChI is InChI=1S/C33H34FN7O3S2/c1-40(2)16-6-8-20-12-15-25(23(34)18-20)44-17-7-11-27-29(31(42)43)36-33(46-27)41(3)28-19-22(21-13-14-21)30(39-38-28)37-32-35-24-9-4-5-10-26(24)45-32/h4-5,9-10,12,15,18-19,21,31,42-43H,7,11,13-14,16-17H2,1-3H3,(H,35,37,39). The predicted octanol–water partition coefficient (Wildman–Crippen LogP) is 5.98. The van der Waals surface area contributed by atoms with Crippen LogP contribution in [0.2, 0.25) is 0 Å². The summed E-state index contributed by atoms with van der Waals surface area (Å²) in [5, 5.41) is 33.8. The van der Waals surface area contributed by atoms with Gasteiger partial charge in [0.25, 0.3) is 0 Å². The SMILES string of the molecule is CN(C)CC#Cc1ccc(OCCCc2sc(N(C)c3cc(C4CC4)c(Nc4nc5ccccc5s4)nn3)nc2C(O)O)c(F)c1. The number of ether oxygens (including phenoxy) is 1. The average molecular weight is 660 g/mol. The summed E-state index contributed by atoms with van der Waals surface area (Å²) in [5.74, 6) is 7.28. The minimum absolute atomic E-state index is 0.149. The van der Waals surface area contributed by atoms with Gasteiger partial charge in [-0.3, -0.25) is 4.90 Å². The summed E-state index contributed by atoms with van der Waals surface area (Å²) in [6.45, 7) is 0.829. The maximum Gasteiger partial charge on any atom is 0.197 e. The van der Waals surface area contributed by atoms with Crippen LogP contribution in [-0.2, 0) is 6.42 Å². The molecule has 0 aliphatic heterocycles. The number of thiazole rings is 2. The highest BCUT2D eigenvalue weighted by Crippen LogP contribution is 2.45. The number of aliphatic hydroxyl groups excluding tert-OH is 1. The number of rotatable bonds is 12. The molecule has 46 heavy (non-hydrogen) atoms. The van der Waals surface area contributed by atoms with E-state index in [4.69, 9.17) is 4.74 Å². The largest absolute Gasteiger partial charge is 0.491 e. The molecule has 13 heteroatoms. The fraction of sp³-hybridized carbons (Fsp3) is 0.333. The van der Waals surface area contributed by atoms with Gasteiger partial charge in [0, 0.05) is 23.1 Å². The first kappa shape index (κ1) is 31.8. The number of aryl methyl sites for hydroxylation is 1. The van der Waals surface area contributed by atoms with E-state index in [-0.39, 0.29) is 18.1 Å².